The van der Waals surface area contributed by atoms with Crippen LogP contribution in [0.1, 0.15) is 15.9 Å². The Balaban J connectivity index is 1.77. The number of hydrogen-bond donors (Lipinski definition) is 0. The normalized spacial score (nSPS) is 11.2. The van der Waals surface area contributed by atoms with Crippen LogP contribution in [0.25, 0.3) is 11.0 Å². The minimum absolute atomic E-state index is 0.0333. The molecule has 25 heavy (non-hydrogen) atoms. The van der Waals surface area contributed by atoms with E-state index in [0.29, 0.717) is 18.8 Å². The fourth-order valence-corrected chi connectivity index (χ4v) is 2.97. The Kier molecular flexibility index (Phi) is 4.72. The predicted molar refractivity (Wildman–Crippen MR) is 96.4 cm³/mol. The largest absolute Gasteiger partial charge is 0.465 e. The van der Waals surface area contributed by atoms with E-state index in [9.17, 15) is 9.59 Å². The number of rotatable bonds is 5. The summed E-state index contributed by atoms with van der Waals surface area (Å²) in [5.41, 5.74) is 3.39. The number of fused-ring (bicyclic) bond motifs is 1. The maximum absolute atomic E-state index is 12.5. The number of esters is 1. The molecule has 0 saturated carbocycles. The van der Waals surface area contributed by atoms with Crippen molar-refractivity contribution in [2.45, 2.75) is 13.2 Å². The summed E-state index contributed by atoms with van der Waals surface area (Å²) in [4.78, 5) is 26.0. The van der Waals surface area contributed by atoms with E-state index in [1.165, 1.54) is 7.11 Å². The van der Waals surface area contributed by atoms with E-state index < -0.39 is 0 Å². The Labute approximate surface area is 145 Å². The zero-order chi connectivity index (χ0) is 18.0. The number of imidazole rings is 1. The zero-order valence-electron chi connectivity index (χ0n) is 14.6. The lowest BCUT2D eigenvalue weighted by atomic mass is 10.1. The minimum Gasteiger partial charge on any atom is -0.465 e. The van der Waals surface area contributed by atoms with E-state index in [4.69, 9.17) is 4.74 Å². The maximum atomic E-state index is 12.5. The third kappa shape index (κ3) is 3.34. The predicted octanol–water partition coefficient (Wildman–Crippen LogP) is 2.22. The Bertz CT molecular complexity index is 954. The van der Waals surface area contributed by atoms with E-state index in [1.807, 2.05) is 43.4 Å². The molecule has 0 fully saturated rings. The summed E-state index contributed by atoms with van der Waals surface area (Å²) in [6.07, 6.45) is 0. The molecule has 3 aromatic rings. The van der Waals surface area contributed by atoms with Crippen molar-refractivity contribution < 1.29 is 9.53 Å². The van der Waals surface area contributed by atoms with Crippen LogP contribution in [-0.4, -0.2) is 34.2 Å². The number of carbonyl (C=O) groups excluding carboxylic acids is 1. The topological polar surface area (TPSA) is 56.5 Å². The van der Waals surface area contributed by atoms with Crippen LogP contribution in [0.5, 0.6) is 0 Å². The van der Waals surface area contributed by atoms with Gasteiger partial charge in [-0.25, -0.2) is 9.59 Å². The monoisotopic (exact) mass is 339 g/mol. The first kappa shape index (κ1) is 17.0. The van der Waals surface area contributed by atoms with E-state index in [-0.39, 0.29) is 11.7 Å². The lowest BCUT2D eigenvalue weighted by Gasteiger charge is -2.17. The number of methoxy groups -OCH3 is 1. The SMILES string of the molecule is COC(=O)c1ccc(CN(C)Cn2c(=O)n(C)c3ccccc32)cc1. The molecule has 0 saturated heterocycles. The molecule has 0 atom stereocenters. The molecule has 0 aliphatic carbocycles. The minimum atomic E-state index is -0.345. The number of ether oxygens (including phenoxy) is 1. The van der Waals surface area contributed by atoms with Crippen LogP contribution in [0.15, 0.2) is 53.3 Å². The number of benzene rings is 2. The quantitative estimate of drug-likeness (QED) is 0.669. The van der Waals surface area contributed by atoms with Crippen LogP contribution >= 0.6 is 0 Å². The van der Waals surface area contributed by atoms with Crippen LogP contribution in [-0.2, 0) is 25.0 Å². The molecule has 0 amide bonds. The second-order valence-corrected chi connectivity index (χ2v) is 6.10. The van der Waals surface area contributed by atoms with Gasteiger partial charge in [-0.15, -0.1) is 0 Å². The summed E-state index contributed by atoms with van der Waals surface area (Å²) in [5.74, 6) is -0.345. The van der Waals surface area contributed by atoms with Gasteiger partial charge in [0.2, 0.25) is 0 Å². The van der Waals surface area contributed by atoms with Gasteiger partial charge in [0.1, 0.15) is 0 Å². The van der Waals surface area contributed by atoms with Crippen molar-refractivity contribution in [3.05, 3.63) is 70.1 Å². The van der Waals surface area contributed by atoms with Crippen LogP contribution < -0.4 is 5.69 Å². The fraction of sp³-hybridized carbons (Fsp3) is 0.263. The second kappa shape index (κ2) is 6.94. The molecule has 1 heterocycles. The van der Waals surface area contributed by atoms with Gasteiger partial charge >= 0.3 is 11.7 Å². The Morgan fingerprint density at radius 2 is 1.72 bits per heavy atom. The number of carbonyl (C=O) groups is 1. The lowest BCUT2D eigenvalue weighted by Crippen LogP contribution is -2.30. The molecule has 130 valence electrons. The molecule has 0 bridgehead atoms. The van der Waals surface area contributed by atoms with Gasteiger partial charge in [0.15, 0.2) is 0 Å². The van der Waals surface area contributed by atoms with E-state index >= 15 is 0 Å². The first-order valence-corrected chi connectivity index (χ1v) is 8.01. The van der Waals surface area contributed by atoms with Gasteiger partial charge < -0.3 is 4.74 Å². The van der Waals surface area contributed by atoms with E-state index in [0.717, 1.165) is 16.6 Å². The van der Waals surface area contributed by atoms with Gasteiger partial charge in [-0.1, -0.05) is 24.3 Å². The molecular formula is C19H21N3O3. The first-order chi connectivity index (χ1) is 12.0. The molecule has 0 aliphatic heterocycles. The highest BCUT2D eigenvalue weighted by Gasteiger charge is 2.12. The van der Waals surface area contributed by atoms with Gasteiger partial charge in [0.25, 0.3) is 0 Å². The number of aromatic nitrogens is 2. The highest BCUT2D eigenvalue weighted by atomic mass is 16.5. The van der Waals surface area contributed by atoms with Crippen LogP contribution in [0.2, 0.25) is 0 Å². The Morgan fingerprint density at radius 3 is 2.36 bits per heavy atom. The molecule has 2 aromatic carbocycles. The van der Waals surface area contributed by atoms with Crippen molar-refractivity contribution in [2.24, 2.45) is 7.05 Å². The molecular weight excluding hydrogens is 318 g/mol. The fourth-order valence-electron chi connectivity index (χ4n) is 2.97. The average molecular weight is 339 g/mol. The molecule has 1 aromatic heterocycles. The second-order valence-electron chi connectivity index (χ2n) is 6.10. The Morgan fingerprint density at radius 1 is 1.08 bits per heavy atom. The van der Waals surface area contributed by atoms with Crippen LogP contribution in [0, 0.1) is 0 Å². The summed E-state index contributed by atoms with van der Waals surface area (Å²) >= 11 is 0. The Hall–Kier alpha value is -2.86. The van der Waals surface area contributed by atoms with Gasteiger partial charge in [-0.2, -0.15) is 0 Å². The smallest absolute Gasteiger partial charge is 0.337 e. The summed E-state index contributed by atoms with van der Waals surface area (Å²) < 4.78 is 8.13. The number of aryl methyl sites for hydroxylation is 1. The van der Waals surface area contributed by atoms with Crippen LogP contribution in [0.4, 0.5) is 0 Å². The van der Waals surface area contributed by atoms with Crippen molar-refractivity contribution in [1.29, 1.82) is 0 Å². The highest BCUT2D eigenvalue weighted by molar-refractivity contribution is 5.89. The molecule has 6 heteroatoms. The summed E-state index contributed by atoms with van der Waals surface area (Å²) in [7, 11) is 5.11. The number of nitrogens with zero attached hydrogens (tertiary/aromatic N) is 3. The van der Waals surface area contributed by atoms with Crippen molar-refractivity contribution in [3.63, 3.8) is 0 Å². The highest BCUT2D eigenvalue weighted by Crippen LogP contribution is 2.13. The van der Waals surface area contributed by atoms with E-state index in [2.05, 4.69) is 4.90 Å². The molecule has 0 spiro atoms. The summed E-state index contributed by atoms with van der Waals surface area (Å²) in [6, 6.07) is 15.1. The molecule has 0 aliphatic rings. The van der Waals surface area contributed by atoms with E-state index in [1.54, 1.807) is 28.3 Å². The standard InChI is InChI=1S/C19H21N3O3/c1-20(12-14-8-10-15(11-9-14)18(23)25-3)13-22-17-7-5-4-6-16(17)21(2)19(22)24/h4-11H,12-13H2,1-3H3. The van der Waals surface area contributed by atoms with Crippen molar-refractivity contribution in [3.8, 4) is 0 Å². The molecule has 6 nitrogen and oxygen atoms in total. The van der Waals surface area contributed by atoms with Crippen LogP contribution in [0.3, 0.4) is 0 Å². The zero-order valence-corrected chi connectivity index (χ0v) is 14.6. The lowest BCUT2D eigenvalue weighted by molar-refractivity contribution is 0.0600. The molecule has 0 radical (unpaired) electrons. The summed E-state index contributed by atoms with van der Waals surface area (Å²) in [6.45, 7) is 1.15. The molecule has 0 unspecified atom stereocenters. The van der Waals surface area contributed by atoms with Crippen molar-refractivity contribution in [2.75, 3.05) is 14.2 Å². The van der Waals surface area contributed by atoms with Crippen molar-refractivity contribution >= 4 is 17.0 Å². The number of para-hydroxylation sites is 2. The van der Waals surface area contributed by atoms with Crippen molar-refractivity contribution in [1.82, 2.24) is 14.0 Å². The summed E-state index contributed by atoms with van der Waals surface area (Å²) in [5, 5.41) is 0. The van der Waals surface area contributed by atoms with Gasteiger partial charge in [0, 0.05) is 13.6 Å². The number of hydrogen-bond acceptors (Lipinski definition) is 4. The molecule has 0 N–H and O–H groups in total. The first-order valence-electron chi connectivity index (χ1n) is 8.01. The van der Waals surface area contributed by atoms with Gasteiger partial charge in [-0.3, -0.25) is 14.0 Å². The molecule has 3 rings (SSSR count). The van der Waals surface area contributed by atoms with Gasteiger partial charge in [-0.05, 0) is 36.9 Å². The average Bonchev–Trinajstić information content (AvgIpc) is 2.87. The van der Waals surface area contributed by atoms with Gasteiger partial charge in [0.05, 0.1) is 30.4 Å². The third-order valence-electron chi connectivity index (χ3n) is 4.26. The maximum Gasteiger partial charge on any atom is 0.337 e. The third-order valence-corrected chi connectivity index (χ3v) is 4.26.